The minimum absolute atomic E-state index is 0.701. The molecule has 2 heterocycles. The number of pyridine rings is 1. The Bertz CT molecular complexity index is 399. The molecule has 0 aromatic carbocycles. The summed E-state index contributed by atoms with van der Waals surface area (Å²) in [7, 11) is 4.20. The highest BCUT2D eigenvalue weighted by molar-refractivity contribution is 5.11. The molecule has 0 atom stereocenters. The summed E-state index contributed by atoms with van der Waals surface area (Å²) in [6.45, 7) is 7.70. The van der Waals surface area contributed by atoms with Crippen molar-refractivity contribution in [3.05, 3.63) is 29.6 Å². The normalized spacial score (nSPS) is 17.8. The third-order valence-electron chi connectivity index (χ3n) is 4.26. The minimum atomic E-state index is 0.701. The second kappa shape index (κ2) is 7.72. The van der Waals surface area contributed by atoms with Gasteiger partial charge < -0.3 is 10.2 Å². The third kappa shape index (κ3) is 4.27. The molecule has 1 fully saturated rings. The molecule has 4 nitrogen and oxygen atoms in total. The van der Waals surface area contributed by atoms with E-state index in [2.05, 4.69) is 47.3 Å². The van der Waals surface area contributed by atoms with Gasteiger partial charge in [-0.3, -0.25) is 9.88 Å². The van der Waals surface area contributed by atoms with E-state index in [4.69, 9.17) is 4.98 Å². The van der Waals surface area contributed by atoms with Gasteiger partial charge in [0, 0.05) is 19.1 Å². The summed E-state index contributed by atoms with van der Waals surface area (Å²) < 4.78 is 0. The van der Waals surface area contributed by atoms with E-state index in [0.29, 0.717) is 6.04 Å². The Morgan fingerprint density at radius 3 is 2.65 bits per heavy atom. The molecular weight excluding hydrogens is 248 g/mol. The summed E-state index contributed by atoms with van der Waals surface area (Å²) in [5, 5.41) is 3.16. The number of aromatic nitrogens is 1. The third-order valence-corrected chi connectivity index (χ3v) is 4.26. The van der Waals surface area contributed by atoms with Gasteiger partial charge in [0.2, 0.25) is 0 Å². The molecule has 1 aliphatic heterocycles. The number of rotatable bonds is 6. The van der Waals surface area contributed by atoms with Gasteiger partial charge in [-0.15, -0.1) is 0 Å². The van der Waals surface area contributed by atoms with Crippen LogP contribution in [0.1, 0.15) is 31.2 Å². The van der Waals surface area contributed by atoms with Crippen molar-refractivity contribution in [2.24, 2.45) is 0 Å². The van der Waals surface area contributed by atoms with E-state index in [0.717, 1.165) is 18.8 Å². The number of hydrogen-bond donors (Lipinski definition) is 1. The summed E-state index contributed by atoms with van der Waals surface area (Å²) in [5.41, 5.74) is 2.30. The van der Waals surface area contributed by atoms with Crippen molar-refractivity contribution in [2.45, 2.75) is 38.9 Å². The number of likely N-dealkylation sites (tertiary alicyclic amines) is 1. The van der Waals surface area contributed by atoms with Gasteiger partial charge in [0.05, 0.1) is 11.4 Å². The molecule has 1 aromatic rings. The standard InChI is InChI=1S/C16H28N4/c1-4-20-10-8-16(9-11-20)19(3)13-15-7-5-6-14(18-15)12-17-2/h5-7,16-17H,4,8-13H2,1-3H3. The highest BCUT2D eigenvalue weighted by atomic mass is 15.2. The molecule has 0 spiro atoms. The first kappa shape index (κ1) is 15.4. The second-order valence-electron chi connectivity index (χ2n) is 5.73. The lowest BCUT2D eigenvalue weighted by Crippen LogP contribution is -2.43. The van der Waals surface area contributed by atoms with Gasteiger partial charge in [-0.2, -0.15) is 0 Å². The van der Waals surface area contributed by atoms with Crippen LogP contribution < -0.4 is 5.32 Å². The molecule has 1 N–H and O–H groups in total. The maximum atomic E-state index is 4.71. The molecule has 1 aliphatic rings. The van der Waals surface area contributed by atoms with Gasteiger partial charge in [-0.25, -0.2) is 0 Å². The van der Waals surface area contributed by atoms with E-state index >= 15 is 0 Å². The first-order valence-corrected chi connectivity index (χ1v) is 7.75. The Kier molecular flexibility index (Phi) is 5.95. The smallest absolute Gasteiger partial charge is 0.0547 e. The minimum Gasteiger partial charge on any atom is -0.314 e. The van der Waals surface area contributed by atoms with Crippen molar-refractivity contribution in [2.75, 3.05) is 33.7 Å². The number of piperidine rings is 1. The van der Waals surface area contributed by atoms with Gasteiger partial charge in [-0.05, 0) is 58.7 Å². The van der Waals surface area contributed by atoms with Crippen LogP contribution in [0.15, 0.2) is 18.2 Å². The first-order valence-electron chi connectivity index (χ1n) is 7.75. The predicted octanol–water partition coefficient (Wildman–Crippen LogP) is 1.72. The monoisotopic (exact) mass is 276 g/mol. The molecule has 0 radical (unpaired) electrons. The van der Waals surface area contributed by atoms with Crippen LogP contribution in [0, 0.1) is 0 Å². The Labute approximate surface area is 123 Å². The lowest BCUT2D eigenvalue weighted by molar-refractivity contribution is 0.126. The van der Waals surface area contributed by atoms with Crippen LogP contribution in [0.5, 0.6) is 0 Å². The fourth-order valence-electron chi connectivity index (χ4n) is 2.96. The molecule has 1 aromatic heterocycles. The molecule has 2 rings (SSSR count). The molecule has 0 bridgehead atoms. The molecule has 0 aliphatic carbocycles. The Balaban J connectivity index is 1.87. The van der Waals surface area contributed by atoms with Crippen molar-refractivity contribution >= 4 is 0 Å². The van der Waals surface area contributed by atoms with E-state index in [-0.39, 0.29) is 0 Å². The average Bonchev–Trinajstić information content (AvgIpc) is 2.48. The summed E-state index contributed by atoms with van der Waals surface area (Å²) in [4.78, 5) is 9.72. The predicted molar refractivity (Wildman–Crippen MR) is 83.6 cm³/mol. The zero-order valence-electron chi connectivity index (χ0n) is 13.1. The van der Waals surface area contributed by atoms with Gasteiger partial charge in [0.1, 0.15) is 0 Å². The molecule has 1 saturated heterocycles. The van der Waals surface area contributed by atoms with E-state index in [1.165, 1.54) is 38.2 Å². The average molecular weight is 276 g/mol. The summed E-state index contributed by atoms with van der Waals surface area (Å²) in [6, 6.07) is 7.03. The van der Waals surface area contributed by atoms with Gasteiger partial charge in [-0.1, -0.05) is 13.0 Å². The first-order chi connectivity index (χ1) is 9.72. The summed E-state index contributed by atoms with van der Waals surface area (Å²) in [5.74, 6) is 0. The van der Waals surface area contributed by atoms with Crippen molar-refractivity contribution in [1.82, 2.24) is 20.1 Å². The van der Waals surface area contributed by atoms with Crippen LogP contribution in [-0.2, 0) is 13.1 Å². The molecule has 0 unspecified atom stereocenters. The summed E-state index contributed by atoms with van der Waals surface area (Å²) in [6.07, 6.45) is 2.56. The number of nitrogens with zero attached hydrogens (tertiary/aromatic N) is 3. The maximum Gasteiger partial charge on any atom is 0.0547 e. The van der Waals surface area contributed by atoms with Crippen LogP contribution >= 0.6 is 0 Å². The Morgan fingerprint density at radius 2 is 2.00 bits per heavy atom. The van der Waals surface area contributed by atoms with Crippen LogP contribution in [0.25, 0.3) is 0 Å². The number of hydrogen-bond acceptors (Lipinski definition) is 4. The Morgan fingerprint density at radius 1 is 1.30 bits per heavy atom. The molecule has 4 heteroatoms. The van der Waals surface area contributed by atoms with E-state index in [9.17, 15) is 0 Å². The summed E-state index contributed by atoms with van der Waals surface area (Å²) >= 11 is 0. The fraction of sp³-hybridized carbons (Fsp3) is 0.688. The number of nitrogens with one attached hydrogen (secondary N) is 1. The highest BCUT2D eigenvalue weighted by Gasteiger charge is 2.21. The molecule has 20 heavy (non-hydrogen) atoms. The Hall–Kier alpha value is -0.970. The highest BCUT2D eigenvalue weighted by Crippen LogP contribution is 2.16. The zero-order chi connectivity index (χ0) is 14.4. The van der Waals surface area contributed by atoms with Crippen molar-refractivity contribution in [3.63, 3.8) is 0 Å². The van der Waals surface area contributed by atoms with E-state index in [1.807, 2.05) is 7.05 Å². The lowest BCUT2D eigenvalue weighted by Gasteiger charge is -2.36. The van der Waals surface area contributed by atoms with Gasteiger partial charge in [0.25, 0.3) is 0 Å². The van der Waals surface area contributed by atoms with Crippen molar-refractivity contribution in [3.8, 4) is 0 Å². The van der Waals surface area contributed by atoms with Crippen LogP contribution in [-0.4, -0.2) is 54.6 Å². The van der Waals surface area contributed by atoms with Gasteiger partial charge >= 0.3 is 0 Å². The van der Waals surface area contributed by atoms with Crippen LogP contribution in [0.2, 0.25) is 0 Å². The molecule has 0 saturated carbocycles. The quantitative estimate of drug-likeness (QED) is 0.857. The maximum absolute atomic E-state index is 4.71. The van der Waals surface area contributed by atoms with Crippen molar-refractivity contribution < 1.29 is 0 Å². The van der Waals surface area contributed by atoms with E-state index < -0.39 is 0 Å². The van der Waals surface area contributed by atoms with Crippen LogP contribution in [0.3, 0.4) is 0 Å². The topological polar surface area (TPSA) is 31.4 Å². The largest absolute Gasteiger partial charge is 0.314 e. The lowest BCUT2D eigenvalue weighted by atomic mass is 10.0. The molecular formula is C16H28N4. The van der Waals surface area contributed by atoms with Gasteiger partial charge in [0.15, 0.2) is 0 Å². The zero-order valence-corrected chi connectivity index (χ0v) is 13.1. The molecule has 0 amide bonds. The fourth-order valence-corrected chi connectivity index (χ4v) is 2.96. The van der Waals surface area contributed by atoms with Crippen molar-refractivity contribution in [1.29, 1.82) is 0 Å². The SMILES string of the molecule is CCN1CCC(N(C)Cc2cccc(CNC)n2)CC1. The van der Waals surface area contributed by atoms with E-state index in [1.54, 1.807) is 0 Å². The second-order valence-corrected chi connectivity index (χ2v) is 5.73. The molecule has 112 valence electrons. The van der Waals surface area contributed by atoms with Crippen LogP contribution in [0.4, 0.5) is 0 Å².